The van der Waals surface area contributed by atoms with Gasteiger partial charge in [0.05, 0.1) is 4.90 Å². The molecule has 0 saturated carbocycles. The Bertz CT molecular complexity index is 621. The van der Waals surface area contributed by atoms with Crippen LogP contribution in [0.3, 0.4) is 0 Å². The molecule has 6 heteroatoms. The lowest BCUT2D eigenvalue weighted by atomic mass is 10.1. The SMILES string of the molecule is Cc1ccc(S(=O)(=O)N2CC(CBr)=C(C(C)N)C2)cc1. The fraction of sp³-hybridized carbons (Fsp3) is 0.429. The number of rotatable bonds is 4. The Kier molecular flexibility index (Phi) is 4.69. The molecule has 0 amide bonds. The number of nitrogens with two attached hydrogens (primary N) is 1. The maximum absolute atomic E-state index is 12.6. The first-order valence-corrected chi connectivity index (χ1v) is 9.01. The lowest BCUT2D eigenvalue weighted by Gasteiger charge is -2.17. The standard InChI is InChI=1S/C14H19BrN2O2S/c1-10-3-5-13(6-4-10)20(18,19)17-8-12(7-15)14(9-17)11(2)16/h3-6,11H,7-9,16H2,1-2H3. The predicted molar refractivity (Wildman–Crippen MR) is 84.4 cm³/mol. The highest BCUT2D eigenvalue weighted by Crippen LogP contribution is 2.27. The van der Waals surface area contributed by atoms with Gasteiger partial charge in [-0.25, -0.2) is 8.42 Å². The molecule has 110 valence electrons. The summed E-state index contributed by atoms with van der Waals surface area (Å²) in [5.74, 6) is 0. The van der Waals surface area contributed by atoms with Crippen molar-refractivity contribution in [1.29, 1.82) is 0 Å². The fourth-order valence-corrected chi connectivity index (χ4v) is 4.25. The largest absolute Gasteiger partial charge is 0.324 e. The minimum absolute atomic E-state index is 0.124. The van der Waals surface area contributed by atoms with E-state index in [0.29, 0.717) is 23.3 Å². The van der Waals surface area contributed by atoms with Gasteiger partial charge < -0.3 is 5.73 Å². The Morgan fingerprint density at radius 1 is 1.30 bits per heavy atom. The molecular weight excluding hydrogens is 340 g/mol. The number of hydrogen-bond donors (Lipinski definition) is 1. The third-order valence-corrected chi connectivity index (χ3v) is 6.02. The lowest BCUT2D eigenvalue weighted by molar-refractivity contribution is 0.478. The van der Waals surface area contributed by atoms with Crippen molar-refractivity contribution < 1.29 is 8.42 Å². The number of halogens is 1. The first-order valence-electron chi connectivity index (χ1n) is 6.45. The van der Waals surface area contributed by atoms with Gasteiger partial charge in [0.1, 0.15) is 0 Å². The highest BCUT2D eigenvalue weighted by atomic mass is 79.9. The van der Waals surface area contributed by atoms with Crippen molar-refractivity contribution in [2.24, 2.45) is 5.73 Å². The minimum Gasteiger partial charge on any atom is -0.324 e. The average Bonchev–Trinajstić information content (AvgIpc) is 2.84. The second-order valence-corrected chi connectivity index (χ2v) is 7.64. The van der Waals surface area contributed by atoms with E-state index in [0.717, 1.165) is 16.7 Å². The van der Waals surface area contributed by atoms with Crippen LogP contribution in [0.25, 0.3) is 0 Å². The summed E-state index contributed by atoms with van der Waals surface area (Å²) in [6.07, 6.45) is 0. The molecule has 0 aromatic heterocycles. The van der Waals surface area contributed by atoms with E-state index < -0.39 is 10.0 Å². The molecule has 0 fully saturated rings. The Morgan fingerprint density at radius 2 is 1.90 bits per heavy atom. The summed E-state index contributed by atoms with van der Waals surface area (Å²) < 4.78 is 26.7. The van der Waals surface area contributed by atoms with E-state index in [1.807, 2.05) is 26.0 Å². The first kappa shape index (κ1) is 15.7. The van der Waals surface area contributed by atoms with Gasteiger partial charge in [0.25, 0.3) is 0 Å². The molecule has 1 unspecified atom stereocenters. The predicted octanol–water partition coefficient (Wildman–Crippen LogP) is 2.04. The van der Waals surface area contributed by atoms with Crippen LogP contribution in [-0.2, 0) is 10.0 Å². The zero-order chi connectivity index (χ0) is 14.9. The van der Waals surface area contributed by atoms with Gasteiger partial charge in [0, 0.05) is 24.5 Å². The molecule has 1 aliphatic rings. The summed E-state index contributed by atoms with van der Waals surface area (Å²) in [5, 5.41) is 0.657. The molecule has 1 heterocycles. The zero-order valence-corrected chi connectivity index (χ0v) is 14.0. The van der Waals surface area contributed by atoms with Crippen molar-refractivity contribution in [3.63, 3.8) is 0 Å². The van der Waals surface area contributed by atoms with Gasteiger partial charge in [0.15, 0.2) is 0 Å². The Morgan fingerprint density at radius 3 is 2.35 bits per heavy atom. The molecule has 0 aliphatic carbocycles. The Labute approximate surface area is 128 Å². The minimum atomic E-state index is -3.45. The van der Waals surface area contributed by atoms with Crippen molar-refractivity contribution in [2.75, 3.05) is 18.4 Å². The van der Waals surface area contributed by atoms with Crippen molar-refractivity contribution in [1.82, 2.24) is 4.31 Å². The van der Waals surface area contributed by atoms with Gasteiger partial charge in [-0.05, 0) is 37.1 Å². The number of aryl methyl sites for hydroxylation is 1. The Hall–Kier alpha value is -0.690. The molecule has 2 N–H and O–H groups in total. The van der Waals surface area contributed by atoms with Crippen LogP contribution in [0.15, 0.2) is 40.3 Å². The van der Waals surface area contributed by atoms with Crippen LogP contribution < -0.4 is 5.73 Å². The molecule has 1 atom stereocenters. The van der Waals surface area contributed by atoms with Crippen LogP contribution in [0.5, 0.6) is 0 Å². The third kappa shape index (κ3) is 2.98. The van der Waals surface area contributed by atoms with Crippen LogP contribution >= 0.6 is 15.9 Å². The van der Waals surface area contributed by atoms with E-state index in [1.165, 1.54) is 4.31 Å². The Balaban J connectivity index is 2.28. The molecular formula is C14H19BrN2O2S. The summed E-state index contributed by atoms with van der Waals surface area (Å²) in [5.41, 5.74) is 9.05. The molecule has 0 bridgehead atoms. The summed E-state index contributed by atoms with van der Waals surface area (Å²) >= 11 is 3.41. The second-order valence-electron chi connectivity index (χ2n) is 5.14. The number of hydrogen-bond acceptors (Lipinski definition) is 3. The summed E-state index contributed by atoms with van der Waals surface area (Å²) in [4.78, 5) is 0.336. The summed E-state index contributed by atoms with van der Waals surface area (Å²) in [7, 11) is -3.45. The molecule has 1 aromatic carbocycles. The number of nitrogens with zero attached hydrogens (tertiary/aromatic N) is 1. The van der Waals surface area contributed by atoms with Crippen LogP contribution in [0.1, 0.15) is 12.5 Å². The third-order valence-electron chi connectivity index (χ3n) is 3.54. The molecule has 2 rings (SSSR count). The lowest BCUT2D eigenvalue weighted by Crippen LogP contribution is -2.31. The first-order chi connectivity index (χ1) is 9.36. The zero-order valence-electron chi connectivity index (χ0n) is 11.6. The smallest absolute Gasteiger partial charge is 0.243 e. The van der Waals surface area contributed by atoms with Gasteiger partial charge in [-0.1, -0.05) is 33.6 Å². The maximum Gasteiger partial charge on any atom is 0.243 e. The normalized spacial score (nSPS) is 18.6. The number of alkyl halides is 1. The monoisotopic (exact) mass is 358 g/mol. The van der Waals surface area contributed by atoms with Crippen LogP contribution in [-0.4, -0.2) is 37.2 Å². The molecule has 0 radical (unpaired) electrons. The van der Waals surface area contributed by atoms with E-state index in [1.54, 1.807) is 12.1 Å². The van der Waals surface area contributed by atoms with Crippen LogP contribution in [0.4, 0.5) is 0 Å². The van der Waals surface area contributed by atoms with E-state index in [-0.39, 0.29) is 6.04 Å². The summed E-state index contributed by atoms with van der Waals surface area (Å²) in [6.45, 7) is 4.62. The average molecular weight is 359 g/mol. The maximum atomic E-state index is 12.6. The van der Waals surface area contributed by atoms with Crippen molar-refractivity contribution >= 4 is 26.0 Å². The van der Waals surface area contributed by atoms with Crippen LogP contribution in [0, 0.1) is 6.92 Å². The highest BCUT2D eigenvalue weighted by Gasteiger charge is 2.32. The molecule has 0 spiro atoms. The van der Waals surface area contributed by atoms with E-state index in [2.05, 4.69) is 15.9 Å². The molecule has 20 heavy (non-hydrogen) atoms. The van der Waals surface area contributed by atoms with Gasteiger partial charge >= 0.3 is 0 Å². The van der Waals surface area contributed by atoms with Crippen molar-refractivity contribution in [3.8, 4) is 0 Å². The van der Waals surface area contributed by atoms with Gasteiger partial charge in [-0.15, -0.1) is 0 Å². The molecule has 4 nitrogen and oxygen atoms in total. The molecule has 1 aromatic rings. The molecule has 0 saturated heterocycles. The number of sulfonamides is 1. The van der Waals surface area contributed by atoms with Gasteiger partial charge in [-0.2, -0.15) is 4.31 Å². The van der Waals surface area contributed by atoms with E-state index >= 15 is 0 Å². The topological polar surface area (TPSA) is 63.4 Å². The van der Waals surface area contributed by atoms with Crippen LogP contribution in [0.2, 0.25) is 0 Å². The van der Waals surface area contributed by atoms with Gasteiger partial charge in [-0.3, -0.25) is 0 Å². The molecule has 1 aliphatic heterocycles. The van der Waals surface area contributed by atoms with Gasteiger partial charge in [0.2, 0.25) is 10.0 Å². The quantitative estimate of drug-likeness (QED) is 0.661. The van der Waals surface area contributed by atoms with E-state index in [4.69, 9.17) is 5.73 Å². The van der Waals surface area contributed by atoms with Crippen molar-refractivity contribution in [3.05, 3.63) is 41.0 Å². The van der Waals surface area contributed by atoms with E-state index in [9.17, 15) is 8.42 Å². The highest BCUT2D eigenvalue weighted by molar-refractivity contribution is 9.09. The van der Waals surface area contributed by atoms with Crippen molar-refractivity contribution in [2.45, 2.75) is 24.8 Å². The number of benzene rings is 1. The summed E-state index contributed by atoms with van der Waals surface area (Å²) in [6, 6.07) is 6.81. The fourth-order valence-electron chi connectivity index (χ4n) is 2.30. The second kappa shape index (κ2) is 5.97.